The summed E-state index contributed by atoms with van der Waals surface area (Å²) in [7, 11) is 0. The van der Waals surface area contributed by atoms with Crippen molar-refractivity contribution in [3.05, 3.63) is 102 Å². The van der Waals surface area contributed by atoms with Gasteiger partial charge in [0, 0.05) is 19.0 Å². The van der Waals surface area contributed by atoms with Crippen molar-refractivity contribution < 1.29 is 9.53 Å². The lowest BCUT2D eigenvalue weighted by atomic mass is 9.90. The summed E-state index contributed by atoms with van der Waals surface area (Å²) in [4.78, 5) is 15.2. The molecular formula is C30H34N2O2. The second-order valence-corrected chi connectivity index (χ2v) is 9.84. The van der Waals surface area contributed by atoms with E-state index in [1.54, 1.807) is 0 Å². The second kappa shape index (κ2) is 10.4. The fourth-order valence-corrected chi connectivity index (χ4v) is 5.26. The Labute approximate surface area is 202 Å². The molecule has 1 aliphatic carbocycles. The minimum atomic E-state index is 0.208. The van der Waals surface area contributed by atoms with Crippen LogP contribution in [-0.2, 0) is 24.4 Å². The molecule has 1 N–H and O–H groups in total. The number of carbonyl (C=O) groups excluding carboxylic acids is 1. The number of amides is 1. The molecule has 176 valence electrons. The summed E-state index contributed by atoms with van der Waals surface area (Å²) in [6, 6.07) is 29.1. The van der Waals surface area contributed by atoms with E-state index in [2.05, 4.69) is 64.8 Å². The molecule has 3 aromatic rings. The number of benzene rings is 3. The number of likely N-dealkylation sites (tertiary alicyclic amines) is 1. The molecule has 1 heterocycles. The normalized spacial score (nSPS) is 19.0. The third-order valence-corrected chi connectivity index (χ3v) is 7.47. The highest BCUT2D eigenvalue weighted by Gasteiger charge is 2.58. The van der Waals surface area contributed by atoms with E-state index in [9.17, 15) is 4.79 Å². The summed E-state index contributed by atoms with van der Waals surface area (Å²) in [6.45, 7) is 4.37. The number of carbonyl (C=O) groups is 1. The smallest absolute Gasteiger partial charge is 0.223 e. The molecular weight excluding hydrogens is 420 g/mol. The van der Waals surface area contributed by atoms with Crippen molar-refractivity contribution in [3.63, 3.8) is 0 Å². The van der Waals surface area contributed by atoms with Crippen LogP contribution in [0.15, 0.2) is 84.9 Å². The maximum absolute atomic E-state index is 12.7. The predicted molar refractivity (Wildman–Crippen MR) is 135 cm³/mol. The van der Waals surface area contributed by atoms with Gasteiger partial charge in [-0.1, -0.05) is 72.8 Å². The Bertz CT molecular complexity index is 1080. The van der Waals surface area contributed by atoms with Gasteiger partial charge in [-0.25, -0.2) is 0 Å². The minimum absolute atomic E-state index is 0.208. The highest BCUT2D eigenvalue weighted by molar-refractivity contribution is 5.82. The van der Waals surface area contributed by atoms with Crippen LogP contribution < -0.4 is 10.1 Å². The van der Waals surface area contributed by atoms with Gasteiger partial charge in [0.1, 0.15) is 12.4 Å². The molecule has 1 saturated carbocycles. The Hall–Kier alpha value is -3.11. The fourth-order valence-electron chi connectivity index (χ4n) is 5.26. The van der Waals surface area contributed by atoms with E-state index < -0.39 is 0 Å². The molecule has 2 fully saturated rings. The van der Waals surface area contributed by atoms with Gasteiger partial charge in [0.15, 0.2) is 0 Å². The Morgan fingerprint density at radius 1 is 0.882 bits per heavy atom. The molecule has 0 unspecified atom stereocenters. The molecule has 0 aromatic heterocycles. The molecule has 4 nitrogen and oxygen atoms in total. The van der Waals surface area contributed by atoms with Crippen LogP contribution in [0, 0.1) is 11.3 Å². The van der Waals surface area contributed by atoms with Gasteiger partial charge in [-0.2, -0.15) is 0 Å². The average Bonchev–Trinajstić information content (AvgIpc) is 3.59. The summed E-state index contributed by atoms with van der Waals surface area (Å²) in [6.07, 6.45) is 4.19. The summed E-state index contributed by atoms with van der Waals surface area (Å²) in [5.41, 5.74) is 3.98. The van der Waals surface area contributed by atoms with Gasteiger partial charge in [-0.05, 0) is 73.0 Å². The van der Waals surface area contributed by atoms with Gasteiger partial charge in [-0.3, -0.25) is 9.69 Å². The van der Waals surface area contributed by atoms with Crippen LogP contribution in [0.5, 0.6) is 5.75 Å². The highest BCUT2D eigenvalue weighted by atomic mass is 16.5. The molecule has 34 heavy (non-hydrogen) atoms. The van der Waals surface area contributed by atoms with Crippen LogP contribution in [0.2, 0.25) is 0 Å². The first-order valence-corrected chi connectivity index (χ1v) is 12.5. The number of hydrogen-bond donors (Lipinski definition) is 1. The summed E-state index contributed by atoms with van der Waals surface area (Å²) in [5, 5.41) is 3.18. The average molecular weight is 455 g/mol. The van der Waals surface area contributed by atoms with Gasteiger partial charge >= 0.3 is 0 Å². The Morgan fingerprint density at radius 2 is 1.56 bits per heavy atom. The van der Waals surface area contributed by atoms with Crippen LogP contribution >= 0.6 is 0 Å². The zero-order chi connectivity index (χ0) is 23.2. The van der Waals surface area contributed by atoms with Gasteiger partial charge in [0.25, 0.3) is 0 Å². The van der Waals surface area contributed by atoms with Gasteiger partial charge in [0.2, 0.25) is 5.91 Å². The summed E-state index contributed by atoms with van der Waals surface area (Å²) < 4.78 is 6.00. The number of ether oxygens (including phenoxy) is 1. The topological polar surface area (TPSA) is 41.6 Å². The quantitative estimate of drug-likeness (QED) is 0.482. The first-order chi connectivity index (χ1) is 16.7. The molecule has 5 rings (SSSR count). The number of nitrogens with one attached hydrogen (secondary N) is 1. The molecule has 0 bridgehead atoms. The molecule has 1 aliphatic heterocycles. The Kier molecular flexibility index (Phi) is 6.96. The van der Waals surface area contributed by atoms with Crippen molar-refractivity contribution in [1.82, 2.24) is 10.2 Å². The molecule has 0 radical (unpaired) electrons. The lowest BCUT2D eigenvalue weighted by Gasteiger charge is -2.33. The van der Waals surface area contributed by atoms with Gasteiger partial charge < -0.3 is 10.1 Å². The maximum atomic E-state index is 12.7. The fraction of sp³-hybridized carbons (Fsp3) is 0.367. The minimum Gasteiger partial charge on any atom is -0.489 e. The molecule has 2 aliphatic rings. The van der Waals surface area contributed by atoms with Gasteiger partial charge in [-0.15, -0.1) is 0 Å². The molecule has 4 heteroatoms. The van der Waals surface area contributed by atoms with Crippen molar-refractivity contribution >= 4 is 5.91 Å². The molecule has 1 saturated heterocycles. The van der Waals surface area contributed by atoms with Crippen molar-refractivity contribution in [2.45, 2.75) is 38.8 Å². The number of hydrogen-bond acceptors (Lipinski definition) is 3. The van der Waals surface area contributed by atoms with Crippen LogP contribution in [0.1, 0.15) is 36.0 Å². The van der Waals surface area contributed by atoms with Crippen LogP contribution in [-0.4, -0.2) is 30.4 Å². The van der Waals surface area contributed by atoms with E-state index in [1.165, 1.54) is 16.7 Å². The zero-order valence-corrected chi connectivity index (χ0v) is 19.8. The van der Waals surface area contributed by atoms with Crippen molar-refractivity contribution in [3.8, 4) is 5.75 Å². The molecule has 1 amide bonds. The third-order valence-electron chi connectivity index (χ3n) is 7.47. The number of piperidine rings is 1. The van der Waals surface area contributed by atoms with E-state index in [4.69, 9.17) is 4.74 Å². The van der Waals surface area contributed by atoms with E-state index in [-0.39, 0.29) is 17.2 Å². The van der Waals surface area contributed by atoms with E-state index in [0.717, 1.165) is 57.6 Å². The monoisotopic (exact) mass is 454 g/mol. The molecule has 1 atom stereocenters. The second-order valence-electron chi connectivity index (χ2n) is 9.84. The summed E-state index contributed by atoms with van der Waals surface area (Å²) >= 11 is 0. The number of rotatable bonds is 9. The Morgan fingerprint density at radius 3 is 2.29 bits per heavy atom. The van der Waals surface area contributed by atoms with Crippen molar-refractivity contribution in [2.75, 3.05) is 19.6 Å². The van der Waals surface area contributed by atoms with E-state index in [0.29, 0.717) is 6.61 Å². The first-order valence-electron chi connectivity index (χ1n) is 12.5. The highest BCUT2D eigenvalue weighted by Crippen LogP contribution is 2.59. The molecule has 3 aromatic carbocycles. The first kappa shape index (κ1) is 22.7. The van der Waals surface area contributed by atoms with Crippen LogP contribution in [0.4, 0.5) is 0 Å². The maximum Gasteiger partial charge on any atom is 0.223 e. The standard InChI is InChI=1S/C30H34N2O2/c33-29(31-17-14-24-8-3-1-4-9-24)28-21-30(28)15-18-32(19-16-30)22-26-12-7-13-27(20-26)34-23-25-10-5-2-6-11-25/h1-13,20,28H,14-19,21-23H2,(H,31,33)/t28-/m0/s1. The van der Waals surface area contributed by atoms with E-state index >= 15 is 0 Å². The number of nitrogens with zero attached hydrogens (tertiary/aromatic N) is 1. The van der Waals surface area contributed by atoms with Crippen molar-refractivity contribution in [2.24, 2.45) is 11.3 Å². The third kappa shape index (κ3) is 5.68. The van der Waals surface area contributed by atoms with Crippen LogP contribution in [0.3, 0.4) is 0 Å². The zero-order valence-electron chi connectivity index (χ0n) is 19.8. The lowest BCUT2D eigenvalue weighted by Crippen LogP contribution is -2.37. The van der Waals surface area contributed by atoms with Crippen LogP contribution in [0.25, 0.3) is 0 Å². The predicted octanol–water partition coefficient (Wildman–Crippen LogP) is 5.23. The largest absolute Gasteiger partial charge is 0.489 e. The van der Waals surface area contributed by atoms with Crippen molar-refractivity contribution in [1.29, 1.82) is 0 Å². The molecule has 1 spiro atoms. The Balaban J connectivity index is 1.05. The lowest BCUT2D eigenvalue weighted by molar-refractivity contribution is -0.123. The SMILES string of the molecule is O=C(NCCc1ccccc1)[C@@H]1CC12CCN(Cc1cccc(OCc3ccccc3)c1)CC2. The van der Waals surface area contributed by atoms with Gasteiger partial charge in [0.05, 0.1) is 0 Å². The summed E-state index contributed by atoms with van der Waals surface area (Å²) in [5.74, 6) is 1.39. The van der Waals surface area contributed by atoms with E-state index in [1.807, 2.05) is 30.3 Å².